The zero-order valence-electron chi connectivity index (χ0n) is 9.07. The van der Waals surface area contributed by atoms with E-state index in [2.05, 4.69) is 26.1 Å². The van der Waals surface area contributed by atoms with Gasteiger partial charge in [-0.05, 0) is 53.5 Å². The molecule has 2 aromatic rings. The van der Waals surface area contributed by atoms with E-state index in [4.69, 9.17) is 4.74 Å². The van der Waals surface area contributed by atoms with Crippen LogP contribution in [0.15, 0.2) is 34.8 Å². The molecule has 0 fully saturated rings. The zero-order valence-corrected chi connectivity index (χ0v) is 10.7. The lowest BCUT2D eigenvalue weighted by Gasteiger charge is -2.06. The number of hydrogen-bond acceptors (Lipinski definition) is 3. The van der Waals surface area contributed by atoms with Crippen molar-refractivity contribution >= 4 is 15.9 Å². The Hall–Kier alpha value is -1.42. The van der Waals surface area contributed by atoms with Crippen molar-refractivity contribution < 1.29 is 4.74 Å². The van der Waals surface area contributed by atoms with Crippen LogP contribution in [-0.2, 0) is 0 Å². The Morgan fingerprint density at radius 2 is 1.88 bits per heavy atom. The Morgan fingerprint density at radius 3 is 2.50 bits per heavy atom. The quantitative estimate of drug-likeness (QED) is 0.841. The summed E-state index contributed by atoms with van der Waals surface area (Å²) >= 11 is 3.45. The van der Waals surface area contributed by atoms with E-state index in [-0.39, 0.29) is 0 Å². The molecule has 0 spiro atoms. The standard InChI is InChI=1S/C12H11BrN2O/c1-8-3-5-11(10(13)7-8)16-12-6-4-9(2)14-15-12/h3-7H,1-2H3. The lowest BCUT2D eigenvalue weighted by Crippen LogP contribution is -1.92. The molecule has 2 rings (SSSR count). The third-order valence-corrected chi connectivity index (χ3v) is 2.70. The van der Waals surface area contributed by atoms with Gasteiger partial charge in [-0.2, -0.15) is 5.10 Å². The molecule has 0 saturated carbocycles. The summed E-state index contributed by atoms with van der Waals surface area (Å²) in [5, 5.41) is 7.88. The van der Waals surface area contributed by atoms with Gasteiger partial charge in [0, 0.05) is 6.07 Å². The van der Waals surface area contributed by atoms with Gasteiger partial charge in [-0.1, -0.05) is 6.07 Å². The lowest BCUT2D eigenvalue weighted by molar-refractivity contribution is 0.451. The zero-order chi connectivity index (χ0) is 11.5. The molecule has 0 unspecified atom stereocenters. The predicted molar refractivity (Wildman–Crippen MR) is 65.7 cm³/mol. The van der Waals surface area contributed by atoms with Gasteiger partial charge in [0.1, 0.15) is 5.75 Å². The van der Waals surface area contributed by atoms with Gasteiger partial charge in [0.2, 0.25) is 5.88 Å². The largest absolute Gasteiger partial charge is 0.436 e. The van der Waals surface area contributed by atoms with Crippen molar-refractivity contribution in [3.8, 4) is 11.6 Å². The normalized spacial score (nSPS) is 10.2. The molecule has 1 aromatic carbocycles. The summed E-state index contributed by atoms with van der Waals surface area (Å²) in [5.41, 5.74) is 2.05. The van der Waals surface area contributed by atoms with Crippen LogP contribution in [0.3, 0.4) is 0 Å². The number of rotatable bonds is 2. The van der Waals surface area contributed by atoms with Crippen molar-refractivity contribution in [1.29, 1.82) is 0 Å². The summed E-state index contributed by atoms with van der Waals surface area (Å²) in [6.07, 6.45) is 0. The molecule has 0 aliphatic heterocycles. The summed E-state index contributed by atoms with van der Waals surface area (Å²) < 4.78 is 6.51. The Bertz CT molecular complexity index is 497. The van der Waals surface area contributed by atoms with E-state index < -0.39 is 0 Å². The van der Waals surface area contributed by atoms with Gasteiger partial charge in [0.05, 0.1) is 10.2 Å². The van der Waals surface area contributed by atoms with E-state index >= 15 is 0 Å². The Labute approximate surface area is 103 Å². The van der Waals surface area contributed by atoms with E-state index in [1.54, 1.807) is 6.07 Å². The van der Waals surface area contributed by atoms with Crippen molar-refractivity contribution in [2.24, 2.45) is 0 Å². The van der Waals surface area contributed by atoms with Crippen molar-refractivity contribution in [3.05, 3.63) is 46.1 Å². The second kappa shape index (κ2) is 4.61. The monoisotopic (exact) mass is 278 g/mol. The Kier molecular flexibility index (Phi) is 3.19. The van der Waals surface area contributed by atoms with Crippen LogP contribution in [-0.4, -0.2) is 10.2 Å². The number of halogens is 1. The van der Waals surface area contributed by atoms with Crippen LogP contribution in [0.2, 0.25) is 0 Å². The molecule has 0 aliphatic rings. The van der Waals surface area contributed by atoms with Crippen LogP contribution < -0.4 is 4.74 Å². The highest BCUT2D eigenvalue weighted by molar-refractivity contribution is 9.10. The SMILES string of the molecule is Cc1ccc(Oc2ccc(C)nn2)c(Br)c1. The molecule has 4 heteroatoms. The molecule has 0 N–H and O–H groups in total. The minimum atomic E-state index is 0.496. The maximum atomic E-state index is 5.60. The van der Waals surface area contributed by atoms with Crippen molar-refractivity contribution in [1.82, 2.24) is 10.2 Å². The summed E-state index contributed by atoms with van der Waals surface area (Å²) in [6, 6.07) is 9.55. The van der Waals surface area contributed by atoms with E-state index in [1.807, 2.05) is 38.1 Å². The molecule has 16 heavy (non-hydrogen) atoms. The first-order chi connectivity index (χ1) is 7.65. The first-order valence-electron chi connectivity index (χ1n) is 4.89. The highest BCUT2D eigenvalue weighted by Crippen LogP contribution is 2.29. The molecular formula is C12H11BrN2O. The second-order valence-corrected chi connectivity index (χ2v) is 4.40. The minimum absolute atomic E-state index is 0.496. The number of benzene rings is 1. The van der Waals surface area contributed by atoms with Gasteiger partial charge in [-0.25, -0.2) is 0 Å². The minimum Gasteiger partial charge on any atom is -0.436 e. The van der Waals surface area contributed by atoms with Crippen LogP contribution >= 0.6 is 15.9 Å². The summed E-state index contributed by atoms with van der Waals surface area (Å²) in [7, 11) is 0. The number of aryl methyl sites for hydroxylation is 2. The summed E-state index contributed by atoms with van der Waals surface area (Å²) in [5.74, 6) is 1.24. The number of aromatic nitrogens is 2. The van der Waals surface area contributed by atoms with Gasteiger partial charge >= 0.3 is 0 Å². The van der Waals surface area contributed by atoms with E-state index in [0.29, 0.717) is 5.88 Å². The third kappa shape index (κ3) is 2.58. The van der Waals surface area contributed by atoms with E-state index in [0.717, 1.165) is 15.9 Å². The maximum Gasteiger partial charge on any atom is 0.238 e. The molecule has 1 aromatic heterocycles. The second-order valence-electron chi connectivity index (χ2n) is 3.55. The average Bonchev–Trinajstić information content (AvgIpc) is 2.25. The first-order valence-corrected chi connectivity index (χ1v) is 5.69. The Balaban J connectivity index is 2.23. The smallest absolute Gasteiger partial charge is 0.238 e. The van der Waals surface area contributed by atoms with Crippen LogP contribution in [0.1, 0.15) is 11.3 Å². The average molecular weight is 279 g/mol. The molecule has 1 heterocycles. The van der Waals surface area contributed by atoms with Gasteiger partial charge < -0.3 is 4.74 Å². The molecule has 0 bridgehead atoms. The van der Waals surface area contributed by atoms with Gasteiger partial charge in [-0.15, -0.1) is 5.10 Å². The van der Waals surface area contributed by atoms with Crippen LogP contribution in [0.5, 0.6) is 11.6 Å². The fourth-order valence-electron chi connectivity index (χ4n) is 1.24. The van der Waals surface area contributed by atoms with Gasteiger partial charge in [-0.3, -0.25) is 0 Å². The van der Waals surface area contributed by atoms with Crippen molar-refractivity contribution in [2.45, 2.75) is 13.8 Å². The number of ether oxygens (including phenoxy) is 1. The van der Waals surface area contributed by atoms with Crippen molar-refractivity contribution in [3.63, 3.8) is 0 Å². The van der Waals surface area contributed by atoms with Gasteiger partial charge in [0.15, 0.2) is 0 Å². The molecular weight excluding hydrogens is 268 g/mol. The Morgan fingerprint density at radius 1 is 1.06 bits per heavy atom. The highest BCUT2D eigenvalue weighted by atomic mass is 79.9. The number of hydrogen-bond donors (Lipinski definition) is 0. The molecule has 0 saturated heterocycles. The van der Waals surface area contributed by atoms with Gasteiger partial charge in [0.25, 0.3) is 0 Å². The van der Waals surface area contributed by atoms with Crippen LogP contribution in [0.4, 0.5) is 0 Å². The fourth-order valence-corrected chi connectivity index (χ4v) is 1.82. The third-order valence-electron chi connectivity index (χ3n) is 2.08. The van der Waals surface area contributed by atoms with Crippen molar-refractivity contribution in [2.75, 3.05) is 0 Å². The number of nitrogens with zero attached hydrogens (tertiary/aromatic N) is 2. The molecule has 0 amide bonds. The predicted octanol–water partition coefficient (Wildman–Crippen LogP) is 3.65. The molecule has 0 aliphatic carbocycles. The molecule has 0 radical (unpaired) electrons. The summed E-state index contributed by atoms with van der Waals surface area (Å²) in [6.45, 7) is 3.92. The molecule has 3 nitrogen and oxygen atoms in total. The van der Waals surface area contributed by atoms with Crippen LogP contribution in [0, 0.1) is 13.8 Å². The van der Waals surface area contributed by atoms with E-state index in [1.165, 1.54) is 5.56 Å². The fraction of sp³-hybridized carbons (Fsp3) is 0.167. The summed E-state index contributed by atoms with van der Waals surface area (Å²) in [4.78, 5) is 0. The topological polar surface area (TPSA) is 35.0 Å². The molecule has 0 atom stereocenters. The highest BCUT2D eigenvalue weighted by Gasteiger charge is 2.03. The van der Waals surface area contributed by atoms with E-state index in [9.17, 15) is 0 Å². The molecule has 82 valence electrons. The van der Waals surface area contributed by atoms with Crippen LogP contribution in [0.25, 0.3) is 0 Å². The lowest BCUT2D eigenvalue weighted by atomic mass is 10.2. The first kappa shape index (κ1) is 11.1. The maximum absolute atomic E-state index is 5.60.